The number of benzene rings is 1. The van der Waals surface area contributed by atoms with Crippen LogP contribution in [0.3, 0.4) is 0 Å². The number of nitrogens with zero attached hydrogens (tertiary/aromatic N) is 2. The first-order chi connectivity index (χ1) is 12.4. The van der Waals surface area contributed by atoms with Crippen LogP contribution in [0.5, 0.6) is 0 Å². The van der Waals surface area contributed by atoms with E-state index in [1.807, 2.05) is 38.1 Å². The molecule has 6 nitrogen and oxygen atoms in total. The van der Waals surface area contributed by atoms with Gasteiger partial charge in [-0.05, 0) is 31.7 Å². The van der Waals surface area contributed by atoms with Crippen molar-refractivity contribution >= 4 is 34.6 Å². The Labute approximate surface area is 157 Å². The van der Waals surface area contributed by atoms with E-state index < -0.39 is 11.3 Å². The fraction of sp³-hybridized carbons (Fsp3) is 0.474. The van der Waals surface area contributed by atoms with Gasteiger partial charge in [-0.15, -0.1) is 0 Å². The van der Waals surface area contributed by atoms with E-state index in [-0.39, 0.29) is 5.91 Å². The lowest BCUT2D eigenvalue weighted by Gasteiger charge is -2.14. The Balaban J connectivity index is 1.71. The minimum atomic E-state index is -0.456. The minimum absolute atomic E-state index is 0.327. The van der Waals surface area contributed by atoms with Crippen molar-refractivity contribution in [2.75, 3.05) is 6.54 Å². The van der Waals surface area contributed by atoms with Crippen LogP contribution in [0.2, 0.25) is 0 Å². The highest BCUT2D eigenvalue weighted by Crippen LogP contribution is 2.40. The van der Waals surface area contributed by atoms with Gasteiger partial charge in [-0.25, -0.2) is 14.8 Å². The molecule has 3 amide bonds. The Morgan fingerprint density at radius 2 is 1.92 bits per heavy atom. The molecule has 1 heterocycles. The molecule has 1 aromatic carbocycles. The summed E-state index contributed by atoms with van der Waals surface area (Å²) in [6, 6.07) is 7.37. The van der Waals surface area contributed by atoms with Gasteiger partial charge in [0.15, 0.2) is 0 Å². The van der Waals surface area contributed by atoms with E-state index in [1.54, 1.807) is 6.92 Å². The van der Waals surface area contributed by atoms with Crippen LogP contribution >= 0.6 is 11.8 Å². The number of urea groups is 1. The molecule has 7 heteroatoms. The number of nitrogens with one attached hydrogen (secondary N) is 2. The zero-order chi connectivity index (χ0) is 18.7. The molecule has 138 valence electrons. The quantitative estimate of drug-likeness (QED) is 0.599. The molecule has 2 aromatic rings. The summed E-state index contributed by atoms with van der Waals surface area (Å²) in [5.74, 6) is 1.29. The standard InChI is InChI=1S/C19H24N4O2S/c1-11(2)10-20-19(25)23-17(24)12(3)26-18-14-6-4-5-7-15(14)21-16(22-18)13-8-9-13/h4-7,11-13H,8-10H2,1-3H3,(H2,20,23,24,25)/t12-/m1/s1. The molecule has 0 bridgehead atoms. The van der Waals surface area contributed by atoms with Crippen molar-refractivity contribution in [1.29, 1.82) is 0 Å². The van der Waals surface area contributed by atoms with Gasteiger partial charge >= 0.3 is 6.03 Å². The van der Waals surface area contributed by atoms with Crippen molar-refractivity contribution in [3.63, 3.8) is 0 Å². The van der Waals surface area contributed by atoms with Gasteiger partial charge in [0, 0.05) is 17.8 Å². The summed E-state index contributed by atoms with van der Waals surface area (Å²) in [6.45, 7) is 6.31. The number of para-hydroxylation sites is 1. The smallest absolute Gasteiger partial charge is 0.321 e. The molecule has 0 radical (unpaired) electrons. The highest BCUT2D eigenvalue weighted by molar-refractivity contribution is 8.00. The highest BCUT2D eigenvalue weighted by atomic mass is 32.2. The van der Waals surface area contributed by atoms with E-state index in [0.29, 0.717) is 18.4 Å². The van der Waals surface area contributed by atoms with Crippen LogP contribution in [0.25, 0.3) is 10.9 Å². The topological polar surface area (TPSA) is 84.0 Å². The molecule has 1 atom stereocenters. The lowest BCUT2D eigenvalue weighted by Crippen LogP contribution is -2.43. The van der Waals surface area contributed by atoms with Crippen LogP contribution in [0, 0.1) is 5.92 Å². The average molecular weight is 372 g/mol. The Morgan fingerprint density at radius 3 is 2.62 bits per heavy atom. The maximum atomic E-state index is 12.3. The van der Waals surface area contributed by atoms with E-state index in [9.17, 15) is 9.59 Å². The molecule has 1 fully saturated rings. The van der Waals surface area contributed by atoms with Crippen molar-refractivity contribution in [2.24, 2.45) is 5.92 Å². The summed E-state index contributed by atoms with van der Waals surface area (Å²) in [7, 11) is 0. The summed E-state index contributed by atoms with van der Waals surface area (Å²) in [6.07, 6.45) is 2.24. The summed E-state index contributed by atoms with van der Waals surface area (Å²) in [5.41, 5.74) is 0.897. The number of rotatable bonds is 6. The molecule has 0 saturated heterocycles. The summed E-state index contributed by atoms with van der Waals surface area (Å²) in [5, 5.41) is 6.38. The Morgan fingerprint density at radius 1 is 1.19 bits per heavy atom. The number of carbonyl (C=O) groups excluding carboxylic acids is 2. The van der Waals surface area contributed by atoms with Crippen LogP contribution in [-0.2, 0) is 4.79 Å². The second-order valence-corrected chi connectivity index (χ2v) is 8.36. The number of fused-ring (bicyclic) bond motifs is 1. The van der Waals surface area contributed by atoms with Crippen molar-refractivity contribution in [1.82, 2.24) is 20.6 Å². The van der Waals surface area contributed by atoms with Crippen molar-refractivity contribution in [3.8, 4) is 0 Å². The van der Waals surface area contributed by atoms with E-state index in [0.717, 1.165) is 34.6 Å². The normalized spacial score (nSPS) is 15.1. The summed E-state index contributed by atoms with van der Waals surface area (Å²) in [4.78, 5) is 33.5. The molecule has 3 rings (SSSR count). The van der Waals surface area contributed by atoms with Gasteiger partial charge in [0.05, 0.1) is 10.8 Å². The molecule has 1 aromatic heterocycles. The van der Waals surface area contributed by atoms with Crippen molar-refractivity contribution in [3.05, 3.63) is 30.1 Å². The zero-order valence-corrected chi connectivity index (χ0v) is 16.1. The molecule has 0 aliphatic heterocycles. The monoisotopic (exact) mass is 372 g/mol. The molecule has 1 aliphatic rings. The van der Waals surface area contributed by atoms with Crippen LogP contribution < -0.4 is 10.6 Å². The van der Waals surface area contributed by atoms with E-state index in [4.69, 9.17) is 4.98 Å². The third-order valence-electron chi connectivity index (χ3n) is 4.09. The lowest BCUT2D eigenvalue weighted by atomic mass is 10.2. The second-order valence-electron chi connectivity index (χ2n) is 7.03. The van der Waals surface area contributed by atoms with E-state index in [2.05, 4.69) is 15.6 Å². The largest absolute Gasteiger partial charge is 0.338 e. The van der Waals surface area contributed by atoms with Gasteiger partial charge < -0.3 is 5.32 Å². The first-order valence-corrected chi connectivity index (χ1v) is 9.84. The third kappa shape index (κ3) is 4.72. The van der Waals surface area contributed by atoms with E-state index in [1.165, 1.54) is 11.8 Å². The maximum absolute atomic E-state index is 12.3. The summed E-state index contributed by atoms with van der Waals surface area (Å²) >= 11 is 1.36. The zero-order valence-electron chi connectivity index (χ0n) is 15.3. The van der Waals surface area contributed by atoms with Crippen molar-refractivity contribution in [2.45, 2.75) is 49.8 Å². The van der Waals surface area contributed by atoms with Crippen LogP contribution in [0.15, 0.2) is 29.3 Å². The number of hydrogen-bond donors (Lipinski definition) is 2. The molecule has 0 unspecified atom stereocenters. The number of thioether (sulfide) groups is 1. The molecular weight excluding hydrogens is 348 g/mol. The van der Waals surface area contributed by atoms with Gasteiger partial charge in [-0.2, -0.15) is 0 Å². The number of imide groups is 1. The number of hydrogen-bond acceptors (Lipinski definition) is 5. The second kappa shape index (κ2) is 8.03. The molecule has 1 aliphatic carbocycles. The Hall–Kier alpha value is -2.15. The molecule has 0 spiro atoms. The first-order valence-electron chi connectivity index (χ1n) is 8.96. The number of aromatic nitrogens is 2. The lowest BCUT2D eigenvalue weighted by molar-refractivity contribution is -0.119. The fourth-order valence-electron chi connectivity index (χ4n) is 2.45. The van der Waals surface area contributed by atoms with Crippen molar-refractivity contribution < 1.29 is 9.59 Å². The van der Waals surface area contributed by atoms with Crippen LogP contribution in [-0.4, -0.2) is 33.7 Å². The average Bonchev–Trinajstić information content (AvgIpc) is 3.45. The SMILES string of the molecule is CC(C)CNC(=O)NC(=O)[C@@H](C)Sc1nc(C2CC2)nc2ccccc12. The van der Waals surface area contributed by atoms with Gasteiger partial charge in [0.25, 0.3) is 0 Å². The molecule has 1 saturated carbocycles. The third-order valence-corrected chi connectivity index (χ3v) is 5.20. The first kappa shape index (κ1) is 18.6. The predicted octanol–water partition coefficient (Wildman–Crippen LogP) is 3.47. The fourth-order valence-corrected chi connectivity index (χ4v) is 3.40. The van der Waals surface area contributed by atoms with Crippen LogP contribution in [0.4, 0.5) is 4.79 Å². The minimum Gasteiger partial charge on any atom is -0.338 e. The Kier molecular flexibility index (Phi) is 5.76. The number of carbonyl (C=O) groups is 2. The molecule has 2 N–H and O–H groups in total. The predicted molar refractivity (Wildman–Crippen MR) is 103 cm³/mol. The van der Waals surface area contributed by atoms with Gasteiger partial charge in [0.2, 0.25) is 5.91 Å². The highest BCUT2D eigenvalue weighted by Gasteiger charge is 2.28. The number of amides is 3. The van der Waals surface area contributed by atoms with Crippen LogP contribution in [0.1, 0.15) is 45.4 Å². The van der Waals surface area contributed by atoms with Gasteiger partial charge in [0.1, 0.15) is 10.9 Å². The van der Waals surface area contributed by atoms with E-state index >= 15 is 0 Å². The molecule has 26 heavy (non-hydrogen) atoms. The van der Waals surface area contributed by atoms with Gasteiger partial charge in [-0.1, -0.05) is 43.8 Å². The maximum Gasteiger partial charge on any atom is 0.321 e. The summed E-state index contributed by atoms with van der Waals surface area (Å²) < 4.78 is 0. The Bertz CT molecular complexity index is 820. The van der Waals surface area contributed by atoms with Gasteiger partial charge in [-0.3, -0.25) is 10.1 Å². The molecular formula is C19H24N4O2S.